The third-order valence-electron chi connectivity index (χ3n) is 4.00. The maximum absolute atomic E-state index is 11.3. The van der Waals surface area contributed by atoms with Crippen LogP contribution in [-0.2, 0) is 10.0 Å². The van der Waals surface area contributed by atoms with E-state index in [-0.39, 0.29) is 10.9 Å². The molecular formula is C17H22N2O3S. The van der Waals surface area contributed by atoms with Crippen LogP contribution in [0.5, 0.6) is 0 Å². The van der Waals surface area contributed by atoms with E-state index in [1.54, 1.807) is 12.1 Å². The van der Waals surface area contributed by atoms with Crippen LogP contribution in [0.2, 0.25) is 0 Å². The van der Waals surface area contributed by atoms with Crippen LogP contribution in [0.3, 0.4) is 0 Å². The number of sulfonamides is 1. The van der Waals surface area contributed by atoms with Gasteiger partial charge in [0, 0.05) is 12.6 Å². The van der Waals surface area contributed by atoms with Crippen molar-refractivity contribution in [1.29, 1.82) is 0 Å². The lowest BCUT2D eigenvalue weighted by Crippen LogP contribution is -2.27. The molecule has 0 aliphatic heterocycles. The molecule has 0 amide bonds. The first-order chi connectivity index (χ1) is 10.8. The van der Waals surface area contributed by atoms with Gasteiger partial charge in [0.15, 0.2) is 0 Å². The van der Waals surface area contributed by atoms with Crippen LogP contribution in [0.4, 0.5) is 0 Å². The first kappa shape index (κ1) is 17.6. The summed E-state index contributed by atoms with van der Waals surface area (Å²) in [6.07, 6.45) is -0.577. The van der Waals surface area contributed by atoms with Crippen LogP contribution in [-0.4, -0.2) is 32.0 Å². The number of likely N-dealkylation sites (N-methyl/N-ethyl adjacent to an activating group) is 1. The first-order valence-corrected chi connectivity index (χ1v) is 8.89. The van der Waals surface area contributed by atoms with Gasteiger partial charge in [-0.25, -0.2) is 13.6 Å². The minimum absolute atomic E-state index is 0.0305. The van der Waals surface area contributed by atoms with Crippen molar-refractivity contribution in [3.63, 3.8) is 0 Å². The highest BCUT2D eigenvalue weighted by molar-refractivity contribution is 7.89. The summed E-state index contributed by atoms with van der Waals surface area (Å²) < 4.78 is 22.6. The topological polar surface area (TPSA) is 83.6 Å². The van der Waals surface area contributed by atoms with Gasteiger partial charge in [-0.2, -0.15) is 0 Å². The maximum atomic E-state index is 11.3. The van der Waals surface area contributed by atoms with Gasteiger partial charge >= 0.3 is 0 Å². The minimum Gasteiger partial charge on any atom is -0.387 e. The normalized spacial score (nSPS) is 14.7. The van der Waals surface area contributed by atoms with E-state index in [4.69, 9.17) is 5.14 Å². The number of aliphatic hydroxyl groups is 1. The Kier molecular flexibility index (Phi) is 5.54. The first-order valence-electron chi connectivity index (χ1n) is 7.35. The molecule has 0 aliphatic carbocycles. The summed E-state index contributed by atoms with van der Waals surface area (Å²) in [5.74, 6) is 0. The quantitative estimate of drug-likeness (QED) is 0.847. The van der Waals surface area contributed by atoms with Gasteiger partial charge in [0.25, 0.3) is 0 Å². The summed E-state index contributed by atoms with van der Waals surface area (Å²) in [6, 6.07) is 16.0. The Hall–Kier alpha value is -1.73. The lowest BCUT2D eigenvalue weighted by Gasteiger charge is -2.27. The van der Waals surface area contributed by atoms with Gasteiger partial charge in [-0.3, -0.25) is 4.90 Å². The molecule has 0 fully saturated rings. The van der Waals surface area contributed by atoms with Gasteiger partial charge in [0.05, 0.1) is 11.0 Å². The van der Waals surface area contributed by atoms with Crippen LogP contribution < -0.4 is 5.14 Å². The van der Waals surface area contributed by atoms with E-state index in [0.717, 1.165) is 11.1 Å². The van der Waals surface area contributed by atoms with E-state index in [0.29, 0.717) is 6.54 Å². The zero-order valence-corrected chi connectivity index (χ0v) is 14.1. The highest BCUT2D eigenvalue weighted by Crippen LogP contribution is 2.23. The number of hydrogen-bond acceptors (Lipinski definition) is 4. The third kappa shape index (κ3) is 4.62. The zero-order valence-electron chi connectivity index (χ0n) is 13.3. The van der Waals surface area contributed by atoms with Gasteiger partial charge in [-0.05, 0) is 37.2 Å². The molecule has 6 heteroatoms. The fourth-order valence-electron chi connectivity index (χ4n) is 2.40. The fraction of sp³-hybridized carbons (Fsp3) is 0.294. The largest absolute Gasteiger partial charge is 0.387 e. The Morgan fingerprint density at radius 3 is 2.13 bits per heavy atom. The second-order valence-corrected chi connectivity index (χ2v) is 7.22. The SMILES string of the molecule is C[C@@H](c1ccc(S(N)(=O)=O)cc1)N(C)C[C@H](O)c1ccccc1. The number of rotatable bonds is 6. The van der Waals surface area contributed by atoms with Crippen LogP contribution in [0.1, 0.15) is 30.2 Å². The lowest BCUT2D eigenvalue weighted by atomic mass is 10.1. The molecule has 2 aromatic rings. The molecule has 0 saturated carbocycles. The molecule has 3 N–H and O–H groups in total. The van der Waals surface area contributed by atoms with E-state index in [9.17, 15) is 13.5 Å². The summed E-state index contributed by atoms with van der Waals surface area (Å²) in [4.78, 5) is 2.12. The molecule has 0 saturated heterocycles. The summed E-state index contributed by atoms with van der Waals surface area (Å²) in [5, 5.41) is 15.4. The van der Waals surface area contributed by atoms with Crippen molar-refractivity contribution in [2.75, 3.05) is 13.6 Å². The number of benzene rings is 2. The van der Waals surface area contributed by atoms with Crippen LogP contribution >= 0.6 is 0 Å². The number of primary sulfonamides is 1. The monoisotopic (exact) mass is 334 g/mol. The Morgan fingerprint density at radius 2 is 1.61 bits per heavy atom. The number of nitrogens with zero attached hydrogens (tertiary/aromatic N) is 1. The number of nitrogens with two attached hydrogens (primary N) is 1. The van der Waals surface area contributed by atoms with E-state index in [1.807, 2.05) is 49.2 Å². The van der Waals surface area contributed by atoms with Gasteiger partial charge in [0.2, 0.25) is 10.0 Å². The zero-order chi connectivity index (χ0) is 17.0. The highest BCUT2D eigenvalue weighted by atomic mass is 32.2. The second kappa shape index (κ2) is 7.23. The number of aliphatic hydroxyl groups excluding tert-OH is 1. The molecule has 0 aromatic heterocycles. The average molecular weight is 334 g/mol. The molecule has 5 nitrogen and oxygen atoms in total. The molecule has 124 valence electrons. The summed E-state index contributed by atoms with van der Waals surface area (Å²) in [5.41, 5.74) is 1.83. The number of hydrogen-bond donors (Lipinski definition) is 2. The highest BCUT2D eigenvalue weighted by Gasteiger charge is 2.17. The Morgan fingerprint density at radius 1 is 1.04 bits per heavy atom. The molecule has 0 heterocycles. The Labute approximate surface area is 137 Å². The predicted molar refractivity (Wildman–Crippen MR) is 90.3 cm³/mol. The summed E-state index contributed by atoms with van der Waals surface area (Å²) in [7, 11) is -1.75. The van der Waals surface area contributed by atoms with Crippen LogP contribution in [0, 0.1) is 0 Å². The standard InChI is InChI=1S/C17H22N2O3S/c1-13(14-8-10-16(11-9-14)23(18,21)22)19(2)12-17(20)15-6-4-3-5-7-15/h3-11,13,17,20H,12H2,1-2H3,(H2,18,21,22)/t13-,17-/m0/s1. The van der Waals surface area contributed by atoms with Gasteiger partial charge in [-0.1, -0.05) is 42.5 Å². The molecule has 0 aliphatic rings. The van der Waals surface area contributed by atoms with Crippen LogP contribution in [0.25, 0.3) is 0 Å². The van der Waals surface area contributed by atoms with E-state index in [2.05, 4.69) is 0 Å². The van der Waals surface area contributed by atoms with Gasteiger partial charge < -0.3 is 5.11 Å². The molecule has 2 aromatic carbocycles. The predicted octanol–water partition coefficient (Wildman–Crippen LogP) is 2.06. The molecule has 0 bridgehead atoms. The van der Waals surface area contributed by atoms with Crippen molar-refractivity contribution in [2.24, 2.45) is 5.14 Å². The average Bonchev–Trinajstić information content (AvgIpc) is 2.54. The van der Waals surface area contributed by atoms with Crippen molar-refractivity contribution < 1.29 is 13.5 Å². The van der Waals surface area contributed by atoms with Crippen LogP contribution in [0.15, 0.2) is 59.5 Å². The van der Waals surface area contributed by atoms with Crippen molar-refractivity contribution >= 4 is 10.0 Å². The minimum atomic E-state index is -3.67. The molecule has 2 atom stereocenters. The maximum Gasteiger partial charge on any atom is 0.238 e. The third-order valence-corrected chi connectivity index (χ3v) is 4.93. The second-order valence-electron chi connectivity index (χ2n) is 5.66. The smallest absolute Gasteiger partial charge is 0.238 e. The summed E-state index contributed by atoms with van der Waals surface area (Å²) >= 11 is 0. The van der Waals surface area contributed by atoms with Gasteiger partial charge in [-0.15, -0.1) is 0 Å². The Balaban J connectivity index is 2.06. The van der Waals surface area contributed by atoms with Crippen molar-refractivity contribution in [3.8, 4) is 0 Å². The van der Waals surface area contributed by atoms with Crippen molar-refractivity contribution in [2.45, 2.75) is 24.0 Å². The Bertz CT molecular complexity index is 730. The van der Waals surface area contributed by atoms with Crippen molar-refractivity contribution in [1.82, 2.24) is 4.90 Å². The van der Waals surface area contributed by atoms with E-state index < -0.39 is 16.1 Å². The molecule has 0 unspecified atom stereocenters. The lowest BCUT2D eigenvalue weighted by molar-refractivity contribution is 0.108. The molecule has 2 rings (SSSR count). The van der Waals surface area contributed by atoms with Crippen molar-refractivity contribution in [3.05, 3.63) is 65.7 Å². The van der Waals surface area contributed by atoms with E-state index in [1.165, 1.54) is 12.1 Å². The molecule has 0 radical (unpaired) electrons. The van der Waals surface area contributed by atoms with Gasteiger partial charge in [0.1, 0.15) is 0 Å². The molecular weight excluding hydrogens is 312 g/mol. The summed E-state index contributed by atoms with van der Waals surface area (Å²) in [6.45, 7) is 2.48. The fourth-order valence-corrected chi connectivity index (χ4v) is 2.92. The molecule has 23 heavy (non-hydrogen) atoms. The van der Waals surface area contributed by atoms with E-state index >= 15 is 0 Å². The molecule has 0 spiro atoms.